The van der Waals surface area contributed by atoms with E-state index in [0.717, 1.165) is 50.9 Å². The number of carbonyl (C=O) groups excluding carboxylic acids is 1. The summed E-state index contributed by atoms with van der Waals surface area (Å²) in [7, 11) is 0. The van der Waals surface area contributed by atoms with Gasteiger partial charge in [0.25, 0.3) is 0 Å². The Morgan fingerprint density at radius 2 is 1.90 bits per heavy atom. The van der Waals surface area contributed by atoms with E-state index in [1.54, 1.807) is 12.1 Å². The van der Waals surface area contributed by atoms with Crippen LogP contribution >= 0.6 is 0 Å². The number of hydrogen-bond donors (Lipinski definition) is 0. The molecule has 0 N–H and O–H groups in total. The third-order valence-corrected chi connectivity index (χ3v) is 6.40. The van der Waals surface area contributed by atoms with Crippen molar-refractivity contribution in [3.8, 4) is 5.69 Å². The minimum Gasteiger partial charge on any atom is -0.342 e. The maximum absolute atomic E-state index is 13.3. The van der Waals surface area contributed by atoms with Gasteiger partial charge < -0.3 is 4.90 Å². The molecule has 2 aliphatic carbocycles. The largest absolute Gasteiger partial charge is 0.342 e. The summed E-state index contributed by atoms with van der Waals surface area (Å²) in [5.41, 5.74) is 5.99. The summed E-state index contributed by atoms with van der Waals surface area (Å²) in [6.45, 7) is 8.16. The highest BCUT2D eigenvalue weighted by Crippen LogP contribution is 2.47. The molecule has 0 spiro atoms. The number of halogens is 1. The molecule has 2 atom stereocenters. The van der Waals surface area contributed by atoms with Crippen LogP contribution in [0.5, 0.6) is 0 Å². The average molecular weight is 396 g/mol. The van der Waals surface area contributed by atoms with Crippen LogP contribution in [0.4, 0.5) is 4.39 Å². The van der Waals surface area contributed by atoms with Crippen LogP contribution in [-0.4, -0.2) is 33.7 Å². The van der Waals surface area contributed by atoms with Crippen molar-refractivity contribution in [3.63, 3.8) is 0 Å². The second-order valence-electron chi connectivity index (χ2n) is 8.31. The molecular weight excluding hydrogens is 365 g/mol. The molecule has 1 aromatic heterocycles. The first-order chi connectivity index (χ1) is 14.0. The highest BCUT2D eigenvalue weighted by atomic mass is 19.1. The van der Waals surface area contributed by atoms with Crippen molar-refractivity contribution in [3.05, 3.63) is 58.7 Å². The third kappa shape index (κ3) is 3.52. The smallest absolute Gasteiger partial charge is 0.229 e. The fraction of sp³-hybridized carbons (Fsp3) is 0.500. The highest BCUT2D eigenvalue weighted by Gasteiger charge is 2.40. The molecule has 5 heteroatoms. The summed E-state index contributed by atoms with van der Waals surface area (Å²) in [4.78, 5) is 15.4. The van der Waals surface area contributed by atoms with Crippen LogP contribution in [0, 0.1) is 11.7 Å². The van der Waals surface area contributed by atoms with Crippen LogP contribution in [0.15, 0.2) is 41.6 Å². The van der Waals surface area contributed by atoms with Crippen molar-refractivity contribution in [2.24, 2.45) is 5.92 Å². The predicted octanol–water partition coefficient (Wildman–Crippen LogP) is 5.03. The Morgan fingerprint density at radius 3 is 2.55 bits per heavy atom. The molecule has 0 saturated carbocycles. The first-order valence-electron chi connectivity index (χ1n) is 10.9. The maximum atomic E-state index is 13.3. The van der Waals surface area contributed by atoms with E-state index < -0.39 is 0 Å². The van der Waals surface area contributed by atoms with Gasteiger partial charge in [0.15, 0.2) is 0 Å². The zero-order chi connectivity index (χ0) is 20.5. The molecule has 4 nitrogen and oxygen atoms in total. The summed E-state index contributed by atoms with van der Waals surface area (Å²) >= 11 is 0. The molecule has 1 heterocycles. The van der Waals surface area contributed by atoms with Gasteiger partial charge in [-0.15, -0.1) is 0 Å². The SMILES string of the molecule is CCCN(CCC)C(=O)[C@@H]1CCC2=C1[C@@H](C)c1cnn(-c3ccc(F)cc3)c1C2. The Labute approximate surface area is 172 Å². The van der Waals surface area contributed by atoms with Gasteiger partial charge in [0, 0.05) is 31.0 Å². The van der Waals surface area contributed by atoms with E-state index in [2.05, 4.69) is 30.8 Å². The fourth-order valence-electron chi connectivity index (χ4n) is 5.11. The number of hydrogen-bond acceptors (Lipinski definition) is 2. The molecule has 29 heavy (non-hydrogen) atoms. The predicted molar refractivity (Wildman–Crippen MR) is 113 cm³/mol. The number of nitrogens with zero attached hydrogens (tertiary/aromatic N) is 3. The lowest BCUT2D eigenvalue weighted by Crippen LogP contribution is -2.38. The monoisotopic (exact) mass is 395 g/mol. The first kappa shape index (κ1) is 19.9. The molecule has 0 saturated heterocycles. The van der Waals surface area contributed by atoms with Gasteiger partial charge in [0.05, 0.1) is 23.5 Å². The van der Waals surface area contributed by atoms with Crippen molar-refractivity contribution in [1.29, 1.82) is 0 Å². The minimum atomic E-state index is -0.242. The van der Waals surface area contributed by atoms with Gasteiger partial charge in [-0.1, -0.05) is 31.9 Å². The molecule has 0 fully saturated rings. The standard InChI is InChI=1S/C24H30FN3O/c1-4-12-27(13-5-2)24(29)20-11-6-17-14-22-21(16(3)23(17)20)15-26-28(22)19-9-7-18(25)8-10-19/h7-10,15-16,20H,4-6,11-14H2,1-3H3/t16-,20+/m0/s1. The maximum Gasteiger partial charge on any atom is 0.229 e. The van der Waals surface area contributed by atoms with Crippen LogP contribution in [0.1, 0.15) is 63.6 Å². The van der Waals surface area contributed by atoms with Gasteiger partial charge in [0.1, 0.15) is 5.82 Å². The number of rotatable bonds is 6. The zero-order valence-corrected chi connectivity index (χ0v) is 17.6. The summed E-state index contributed by atoms with van der Waals surface area (Å²) in [5.74, 6) is 0.277. The van der Waals surface area contributed by atoms with Gasteiger partial charge in [-0.25, -0.2) is 9.07 Å². The molecule has 1 aromatic carbocycles. The van der Waals surface area contributed by atoms with E-state index in [-0.39, 0.29) is 17.7 Å². The molecule has 154 valence electrons. The second kappa shape index (κ2) is 8.13. The van der Waals surface area contributed by atoms with Gasteiger partial charge in [-0.3, -0.25) is 4.79 Å². The Hall–Kier alpha value is -2.43. The van der Waals surface area contributed by atoms with Crippen molar-refractivity contribution in [1.82, 2.24) is 14.7 Å². The molecule has 2 aromatic rings. The molecule has 1 amide bonds. The lowest BCUT2D eigenvalue weighted by molar-refractivity contribution is -0.134. The number of carbonyl (C=O) groups is 1. The number of allylic oxidation sites excluding steroid dienone is 1. The number of amides is 1. The van der Waals surface area contributed by atoms with Crippen LogP contribution in [-0.2, 0) is 11.2 Å². The Kier molecular flexibility index (Phi) is 5.57. The summed E-state index contributed by atoms with van der Waals surface area (Å²) in [5, 5.41) is 4.61. The lowest BCUT2D eigenvalue weighted by atomic mass is 9.79. The van der Waals surface area contributed by atoms with E-state index in [0.29, 0.717) is 5.91 Å². The van der Waals surface area contributed by atoms with Crippen LogP contribution in [0.3, 0.4) is 0 Å². The zero-order valence-electron chi connectivity index (χ0n) is 17.6. The minimum absolute atomic E-state index is 0.0143. The van der Waals surface area contributed by atoms with Crippen molar-refractivity contribution in [2.75, 3.05) is 13.1 Å². The summed E-state index contributed by atoms with van der Waals surface area (Å²) < 4.78 is 15.3. The second-order valence-corrected chi connectivity index (χ2v) is 8.31. The molecule has 2 aliphatic rings. The van der Waals surface area contributed by atoms with Crippen molar-refractivity contribution >= 4 is 5.91 Å². The van der Waals surface area contributed by atoms with Gasteiger partial charge in [0.2, 0.25) is 5.91 Å². The Balaban J connectivity index is 1.63. The quantitative estimate of drug-likeness (QED) is 0.644. The molecule has 0 unspecified atom stereocenters. The Bertz CT molecular complexity index is 922. The third-order valence-electron chi connectivity index (χ3n) is 6.40. The van der Waals surface area contributed by atoms with Crippen molar-refractivity contribution < 1.29 is 9.18 Å². The topological polar surface area (TPSA) is 38.1 Å². The van der Waals surface area contributed by atoms with Gasteiger partial charge in [-0.05, 0) is 49.9 Å². The van der Waals surface area contributed by atoms with Crippen molar-refractivity contribution in [2.45, 2.75) is 58.8 Å². The molecule has 0 aliphatic heterocycles. The van der Waals surface area contributed by atoms with Gasteiger partial charge >= 0.3 is 0 Å². The van der Waals surface area contributed by atoms with Gasteiger partial charge in [-0.2, -0.15) is 5.10 Å². The summed E-state index contributed by atoms with van der Waals surface area (Å²) in [6.07, 6.45) is 6.66. The van der Waals surface area contributed by atoms with E-state index in [4.69, 9.17) is 0 Å². The van der Waals surface area contributed by atoms with E-state index in [1.807, 2.05) is 10.9 Å². The normalized spacial score (nSPS) is 20.6. The molecule has 4 rings (SSSR count). The number of fused-ring (bicyclic) bond motifs is 1. The average Bonchev–Trinajstić information content (AvgIpc) is 3.33. The molecule has 0 bridgehead atoms. The Morgan fingerprint density at radius 1 is 1.21 bits per heavy atom. The van der Waals surface area contributed by atoms with E-state index >= 15 is 0 Å². The summed E-state index contributed by atoms with van der Waals surface area (Å²) in [6, 6.07) is 6.48. The van der Waals surface area contributed by atoms with E-state index in [9.17, 15) is 9.18 Å². The number of aromatic nitrogens is 2. The number of benzene rings is 1. The lowest BCUT2D eigenvalue weighted by Gasteiger charge is -2.30. The highest BCUT2D eigenvalue weighted by molar-refractivity contribution is 5.83. The fourth-order valence-corrected chi connectivity index (χ4v) is 5.11. The molecular formula is C24H30FN3O. The molecule has 0 radical (unpaired) electrons. The first-order valence-corrected chi connectivity index (χ1v) is 10.9. The van der Waals surface area contributed by atoms with E-state index in [1.165, 1.54) is 34.5 Å². The van der Waals surface area contributed by atoms with Crippen LogP contribution in [0.2, 0.25) is 0 Å². The van der Waals surface area contributed by atoms with Crippen LogP contribution in [0.25, 0.3) is 5.69 Å². The van der Waals surface area contributed by atoms with Crippen LogP contribution < -0.4 is 0 Å².